The largest absolute Gasteiger partial charge is 0.467 e. The molecule has 3 rings (SSSR count). The Morgan fingerprint density at radius 1 is 1.30 bits per heavy atom. The minimum atomic E-state index is -0.626. The van der Waals surface area contributed by atoms with E-state index in [2.05, 4.69) is 10.3 Å². The first-order valence-corrected chi connectivity index (χ1v) is 7.68. The number of nitrogens with zero attached hydrogens (tertiary/aromatic N) is 1. The third kappa shape index (κ3) is 3.32. The normalized spacial score (nSPS) is 10.6. The molecule has 23 heavy (non-hydrogen) atoms. The zero-order valence-electron chi connectivity index (χ0n) is 11.9. The van der Waals surface area contributed by atoms with E-state index in [1.54, 1.807) is 12.1 Å². The molecule has 3 heterocycles. The number of hydrogen-bond donors (Lipinski definition) is 2. The molecule has 3 aromatic rings. The van der Waals surface area contributed by atoms with Crippen molar-refractivity contribution in [1.29, 1.82) is 0 Å². The first-order valence-electron chi connectivity index (χ1n) is 6.80. The van der Waals surface area contributed by atoms with Crippen LogP contribution >= 0.6 is 11.3 Å². The quantitative estimate of drug-likeness (QED) is 0.733. The second-order valence-electron chi connectivity index (χ2n) is 4.74. The van der Waals surface area contributed by atoms with E-state index in [0.29, 0.717) is 5.76 Å². The Labute approximate surface area is 134 Å². The maximum atomic E-state index is 12.4. The van der Waals surface area contributed by atoms with Gasteiger partial charge in [0.25, 0.3) is 11.5 Å². The van der Waals surface area contributed by atoms with Crippen LogP contribution in [-0.2, 0) is 13.1 Å². The smallest absolute Gasteiger partial charge is 0.328 e. The fourth-order valence-electron chi connectivity index (χ4n) is 2.05. The Morgan fingerprint density at radius 2 is 2.17 bits per heavy atom. The van der Waals surface area contributed by atoms with Crippen LogP contribution in [0.2, 0.25) is 0 Å². The summed E-state index contributed by atoms with van der Waals surface area (Å²) in [6.45, 7) is 0.292. The Hall–Kier alpha value is -2.87. The molecular formula is C15H13N3O4S. The maximum absolute atomic E-state index is 12.4. The lowest BCUT2D eigenvalue weighted by Gasteiger charge is -2.06. The van der Waals surface area contributed by atoms with Gasteiger partial charge in [-0.25, -0.2) is 4.79 Å². The van der Waals surface area contributed by atoms with Gasteiger partial charge in [0.2, 0.25) is 0 Å². The van der Waals surface area contributed by atoms with Crippen LogP contribution in [0.25, 0.3) is 0 Å². The first-order chi connectivity index (χ1) is 11.1. The summed E-state index contributed by atoms with van der Waals surface area (Å²) in [6.07, 6.45) is 2.63. The lowest BCUT2D eigenvalue weighted by molar-refractivity contribution is 0.0945. The second-order valence-corrected chi connectivity index (χ2v) is 5.77. The van der Waals surface area contributed by atoms with Crippen molar-refractivity contribution in [1.82, 2.24) is 14.9 Å². The summed E-state index contributed by atoms with van der Waals surface area (Å²) in [5.74, 6) is 0.00395. The van der Waals surface area contributed by atoms with E-state index in [1.165, 1.54) is 17.6 Å². The van der Waals surface area contributed by atoms with E-state index in [4.69, 9.17) is 4.42 Å². The topological polar surface area (TPSA) is 97.1 Å². The van der Waals surface area contributed by atoms with Gasteiger partial charge in [-0.2, -0.15) is 0 Å². The number of carbonyl (C=O) groups is 1. The highest BCUT2D eigenvalue weighted by atomic mass is 32.1. The number of aromatic amines is 1. The van der Waals surface area contributed by atoms with Crippen LogP contribution in [0.1, 0.15) is 21.0 Å². The molecule has 2 N–H and O–H groups in total. The molecule has 0 aromatic carbocycles. The standard InChI is InChI=1S/C15H13N3O4S/c19-13(16-7-10-3-1-5-22-10)12-8-17-15(21)18(14(12)20)9-11-4-2-6-23-11/h1-6,8H,7,9H2,(H,16,19)(H,17,21). The average molecular weight is 331 g/mol. The molecular weight excluding hydrogens is 318 g/mol. The Balaban J connectivity index is 1.83. The lowest BCUT2D eigenvalue weighted by atomic mass is 10.3. The van der Waals surface area contributed by atoms with Crippen molar-refractivity contribution in [3.05, 3.63) is 79.1 Å². The lowest BCUT2D eigenvalue weighted by Crippen LogP contribution is -2.40. The van der Waals surface area contributed by atoms with E-state index in [1.807, 2.05) is 17.5 Å². The van der Waals surface area contributed by atoms with Crippen molar-refractivity contribution in [2.24, 2.45) is 0 Å². The van der Waals surface area contributed by atoms with Crippen molar-refractivity contribution in [2.45, 2.75) is 13.1 Å². The van der Waals surface area contributed by atoms with Crippen molar-refractivity contribution < 1.29 is 9.21 Å². The second kappa shape index (κ2) is 6.49. The van der Waals surface area contributed by atoms with Gasteiger partial charge in [-0.15, -0.1) is 11.3 Å². The molecule has 0 aliphatic carbocycles. The first kappa shape index (κ1) is 15.0. The highest BCUT2D eigenvalue weighted by Crippen LogP contribution is 2.08. The van der Waals surface area contributed by atoms with Gasteiger partial charge in [-0.1, -0.05) is 6.07 Å². The van der Waals surface area contributed by atoms with Crippen LogP contribution in [0.15, 0.2) is 56.1 Å². The number of rotatable bonds is 5. The van der Waals surface area contributed by atoms with Crippen LogP contribution in [0.5, 0.6) is 0 Å². The number of furan rings is 1. The Morgan fingerprint density at radius 3 is 2.87 bits per heavy atom. The number of H-pyrrole nitrogens is 1. The predicted octanol–water partition coefficient (Wildman–Crippen LogP) is 1.17. The Bertz CT molecular complexity index is 907. The van der Waals surface area contributed by atoms with Crippen molar-refractivity contribution >= 4 is 17.2 Å². The van der Waals surface area contributed by atoms with Gasteiger partial charge in [0, 0.05) is 11.1 Å². The molecule has 118 valence electrons. The molecule has 0 spiro atoms. The summed E-state index contributed by atoms with van der Waals surface area (Å²) in [7, 11) is 0. The molecule has 8 heteroatoms. The van der Waals surface area contributed by atoms with Crippen molar-refractivity contribution in [3.63, 3.8) is 0 Å². The third-order valence-electron chi connectivity index (χ3n) is 3.20. The van der Waals surface area contributed by atoms with Gasteiger partial charge in [0.15, 0.2) is 0 Å². The summed E-state index contributed by atoms with van der Waals surface area (Å²) >= 11 is 1.43. The summed E-state index contributed by atoms with van der Waals surface area (Å²) < 4.78 is 6.12. The zero-order valence-corrected chi connectivity index (χ0v) is 12.8. The number of carbonyl (C=O) groups excluding carboxylic acids is 1. The number of thiophene rings is 1. The molecule has 0 atom stereocenters. The number of amides is 1. The fourth-order valence-corrected chi connectivity index (χ4v) is 2.74. The van der Waals surface area contributed by atoms with E-state index in [0.717, 1.165) is 15.6 Å². The van der Waals surface area contributed by atoms with Crippen molar-refractivity contribution in [2.75, 3.05) is 0 Å². The number of aromatic nitrogens is 2. The van der Waals surface area contributed by atoms with Crippen molar-refractivity contribution in [3.8, 4) is 0 Å². The Kier molecular flexibility index (Phi) is 4.24. The molecule has 0 unspecified atom stereocenters. The fraction of sp³-hybridized carbons (Fsp3) is 0.133. The van der Waals surface area contributed by atoms with E-state index in [-0.39, 0.29) is 18.7 Å². The van der Waals surface area contributed by atoms with E-state index >= 15 is 0 Å². The molecule has 1 amide bonds. The molecule has 0 bridgehead atoms. The monoisotopic (exact) mass is 331 g/mol. The molecule has 0 aliphatic rings. The van der Waals surface area contributed by atoms with Crippen LogP contribution in [0, 0.1) is 0 Å². The molecule has 0 fully saturated rings. The molecule has 0 radical (unpaired) electrons. The van der Waals surface area contributed by atoms with Gasteiger partial charge in [0.1, 0.15) is 11.3 Å². The summed E-state index contributed by atoms with van der Waals surface area (Å²) in [5.41, 5.74) is -1.29. The van der Waals surface area contributed by atoms with Crippen LogP contribution in [0.3, 0.4) is 0 Å². The minimum absolute atomic E-state index is 0.118. The highest BCUT2D eigenvalue weighted by Gasteiger charge is 2.15. The van der Waals surface area contributed by atoms with Gasteiger partial charge >= 0.3 is 5.69 Å². The predicted molar refractivity (Wildman–Crippen MR) is 84.6 cm³/mol. The summed E-state index contributed by atoms with van der Waals surface area (Å²) in [4.78, 5) is 39.7. The van der Waals surface area contributed by atoms with Crippen LogP contribution in [0.4, 0.5) is 0 Å². The number of nitrogens with one attached hydrogen (secondary N) is 2. The highest BCUT2D eigenvalue weighted by molar-refractivity contribution is 7.09. The van der Waals surface area contributed by atoms with E-state index in [9.17, 15) is 14.4 Å². The molecule has 0 saturated carbocycles. The zero-order chi connectivity index (χ0) is 16.2. The summed E-state index contributed by atoms with van der Waals surface area (Å²) in [5, 5.41) is 4.44. The molecule has 0 aliphatic heterocycles. The molecule has 3 aromatic heterocycles. The number of hydrogen-bond acceptors (Lipinski definition) is 5. The molecule has 0 saturated heterocycles. The van der Waals surface area contributed by atoms with E-state index < -0.39 is 17.2 Å². The van der Waals surface area contributed by atoms with Gasteiger partial charge in [-0.05, 0) is 23.6 Å². The maximum Gasteiger partial charge on any atom is 0.328 e. The van der Waals surface area contributed by atoms with Crippen LogP contribution < -0.4 is 16.6 Å². The SMILES string of the molecule is O=C(NCc1ccco1)c1c[nH]c(=O)n(Cc2cccs2)c1=O. The van der Waals surface area contributed by atoms with Gasteiger partial charge in [-0.3, -0.25) is 14.2 Å². The minimum Gasteiger partial charge on any atom is -0.467 e. The third-order valence-corrected chi connectivity index (χ3v) is 4.06. The average Bonchev–Trinajstić information content (AvgIpc) is 3.22. The molecule has 7 nitrogen and oxygen atoms in total. The summed E-state index contributed by atoms with van der Waals surface area (Å²) in [6, 6.07) is 7.07. The van der Waals surface area contributed by atoms with Gasteiger partial charge in [0.05, 0.1) is 19.4 Å². The van der Waals surface area contributed by atoms with Crippen LogP contribution in [-0.4, -0.2) is 15.5 Å². The van der Waals surface area contributed by atoms with Gasteiger partial charge < -0.3 is 14.7 Å².